The molecule has 1 amide bonds. The smallest absolute Gasteiger partial charge is 0.326 e. The number of hydrogen-bond acceptors (Lipinski definition) is 4. The molecule has 0 saturated carbocycles. The number of carbonyl (C=O) groups is 3. The van der Waals surface area contributed by atoms with Gasteiger partial charge < -0.3 is 15.2 Å². The molecule has 0 aliphatic rings. The number of carboxylic acid groups (broad SMARTS) is 1. The van der Waals surface area contributed by atoms with Crippen molar-refractivity contribution in [3.05, 3.63) is 32.7 Å². The molecule has 21 heavy (non-hydrogen) atoms. The second-order valence-corrected chi connectivity index (χ2v) is 5.86. The van der Waals surface area contributed by atoms with Gasteiger partial charge >= 0.3 is 11.9 Å². The lowest BCUT2D eigenvalue weighted by Crippen LogP contribution is -2.42. The second kappa shape index (κ2) is 8.14. The van der Waals surface area contributed by atoms with Gasteiger partial charge in [-0.05, 0) is 25.1 Å². The largest absolute Gasteiger partial charge is 0.480 e. The molecule has 2 N–H and O–H groups in total. The molecule has 0 aliphatic carbocycles. The van der Waals surface area contributed by atoms with Gasteiger partial charge in [-0.15, -0.1) is 0 Å². The summed E-state index contributed by atoms with van der Waals surface area (Å²) in [5.41, 5.74) is 0.270. The first-order valence-electron chi connectivity index (χ1n) is 5.99. The Morgan fingerprint density at radius 1 is 1.24 bits per heavy atom. The summed E-state index contributed by atoms with van der Waals surface area (Å²) in [5, 5.41) is 11.3. The van der Waals surface area contributed by atoms with Gasteiger partial charge in [0.15, 0.2) is 0 Å². The molecule has 114 valence electrons. The van der Waals surface area contributed by atoms with Crippen LogP contribution in [0.1, 0.15) is 23.7 Å². The lowest BCUT2D eigenvalue weighted by Gasteiger charge is -2.14. The summed E-state index contributed by atoms with van der Waals surface area (Å²) in [6.07, 6.45) is -0.427. The van der Waals surface area contributed by atoms with Gasteiger partial charge in [-0.3, -0.25) is 9.59 Å². The zero-order valence-electron chi connectivity index (χ0n) is 11.1. The van der Waals surface area contributed by atoms with Gasteiger partial charge in [0.1, 0.15) is 6.04 Å². The number of rotatable bonds is 6. The third-order valence-electron chi connectivity index (χ3n) is 2.40. The molecule has 0 saturated heterocycles. The van der Waals surface area contributed by atoms with E-state index in [1.807, 2.05) is 0 Å². The number of esters is 1. The maximum atomic E-state index is 12.0. The number of ether oxygens (including phenoxy) is 1. The van der Waals surface area contributed by atoms with Crippen LogP contribution >= 0.6 is 31.9 Å². The fourth-order valence-corrected chi connectivity index (χ4v) is 2.81. The fourth-order valence-electron chi connectivity index (χ4n) is 1.51. The van der Waals surface area contributed by atoms with E-state index in [2.05, 4.69) is 41.9 Å². The summed E-state index contributed by atoms with van der Waals surface area (Å²) in [6, 6.07) is 3.49. The number of carbonyl (C=O) groups excluding carboxylic acids is 2. The average molecular weight is 423 g/mol. The number of amides is 1. The molecule has 1 aromatic rings. The Hall–Kier alpha value is -1.41. The third kappa shape index (κ3) is 5.84. The van der Waals surface area contributed by atoms with E-state index in [1.165, 1.54) is 0 Å². The standard InChI is InChI=1S/C13H13Br2NO5/c1-2-21-11(17)6-10(13(19)20)16-12(18)7-3-8(14)5-9(15)4-7/h3-5,10H,2,6H2,1H3,(H,16,18)(H,19,20)/t10-/m0/s1. The molecular formula is C13H13Br2NO5. The minimum Gasteiger partial charge on any atom is -0.480 e. The van der Waals surface area contributed by atoms with E-state index in [9.17, 15) is 14.4 Å². The summed E-state index contributed by atoms with van der Waals surface area (Å²) in [4.78, 5) is 34.5. The van der Waals surface area contributed by atoms with Crippen LogP contribution in [0.15, 0.2) is 27.1 Å². The molecule has 6 nitrogen and oxygen atoms in total. The molecule has 1 atom stereocenters. The number of nitrogens with one attached hydrogen (secondary N) is 1. The zero-order valence-corrected chi connectivity index (χ0v) is 14.2. The first-order chi connectivity index (χ1) is 9.83. The van der Waals surface area contributed by atoms with Crippen molar-refractivity contribution in [2.45, 2.75) is 19.4 Å². The van der Waals surface area contributed by atoms with Gasteiger partial charge in [0, 0.05) is 14.5 Å². The zero-order chi connectivity index (χ0) is 16.0. The maximum absolute atomic E-state index is 12.0. The molecule has 0 heterocycles. The summed E-state index contributed by atoms with van der Waals surface area (Å²) in [6.45, 7) is 1.77. The van der Waals surface area contributed by atoms with Crippen LogP contribution in [0.4, 0.5) is 0 Å². The SMILES string of the molecule is CCOC(=O)C[C@H](NC(=O)c1cc(Br)cc(Br)c1)C(=O)O. The van der Waals surface area contributed by atoms with E-state index in [0.717, 1.165) is 0 Å². The molecule has 0 unspecified atom stereocenters. The molecule has 8 heteroatoms. The number of benzene rings is 1. The molecule has 0 radical (unpaired) electrons. The summed E-state index contributed by atoms with van der Waals surface area (Å²) < 4.78 is 6.01. The lowest BCUT2D eigenvalue weighted by molar-refractivity contribution is -0.149. The topological polar surface area (TPSA) is 92.7 Å². The quantitative estimate of drug-likeness (QED) is 0.686. The highest BCUT2D eigenvalue weighted by molar-refractivity contribution is 9.11. The number of aliphatic carboxylic acids is 1. The number of halogens is 2. The van der Waals surface area contributed by atoms with E-state index in [0.29, 0.717) is 8.95 Å². The fraction of sp³-hybridized carbons (Fsp3) is 0.308. The van der Waals surface area contributed by atoms with Crippen molar-refractivity contribution in [1.29, 1.82) is 0 Å². The Balaban J connectivity index is 2.81. The maximum Gasteiger partial charge on any atom is 0.326 e. The van der Waals surface area contributed by atoms with Gasteiger partial charge in [-0.25, -0.2) is 4.79 Å². The van der Waals surface area contributed by atoms with E-state index in [-0.39, 0.29) is 12.2 Å². The van der Waals surface area contributed by atoms with Gasteiger partial charge in [-0.1, -0.05) is 31.9 Å². The Bertz CT molecular complexity index is 541. The normalized spacial score (nSPS) is 11.6. The van der Waals surface area contributed by atoms with Crippen molar-refractivity contribution in [3.8, 4) is 0 Å². The highest BCUT2D eigenvalue weighted by Crippen LogP contribution is 2.20. The molecule has 0 spiro atoms. The van der Waals surface area contributed by atoms with Gasteiger partial charge in [0.25, 0.3) is 5.91 Å². The van der Waals surface area contributed by atoms with Crippen molar-refractivity contribution in [1.82, 2.24) is 5.32 Å². The van der Waals surface area contributed by atoms with E-state index in [1.54, 1.807) is 25.1 Å². The Kier molecular flexibility index (Phi) is 6.83. The molecule has 1 aromatic carbocycles. The van der Waals surface area contributed by atoms with Crippen LogP contribution in [0.3, 0.4) is 0 Å². The van der Waals surface area contributed by atoms with Crippen molar-refractivity contribution in [2.24, 2.45) is 0 Å². The predicted octanol–water partition coefficient (Wildman–Crippen LogP) is 2.35. The molecule has 0 aromatic heterocycles. The summed E-state index contributed by atoms with van der Waals surface area (Å²) in [7, 11) is 0. The molecule has 1 rings (SSSR count). The van der Waals surface area contributed by atoms with Crippen LogP contribution in [0.25, 0.3) is 0 Å². The lowest BCUT2D eigenvalue weighted by atomic mass is 10.1. The summed E-state index contributed by atoms with van der Waals surface area (Å²) in [5.74, 6) is -2.57. The monoisotopic (exact) mass is 421 g/mol. The van der Waals surface area contributed by atoms with Crippen molar-refractivity contribution >= 4 is 49.7 Å². The molecular weight excluding hydrogens is 410 g/mol. The Morgan fingerprint density at radius 3 is 2.29 bits per heavy atom. The van der Waals surface area contributed by atoms with Crippen molar-refractivity contribution < 1.29 is 24.2 Å². The predicted molar refractivity (Wildman–Crippen MR) is 82.0 cm³/mol. The van der Waals surface area contributed by atoms with Gasteiger partial charge in [0.2, 0.25) is 0 Å². The second-order valence-electron chi connectivity index (χ2n) is 4.03. The van der Waals surface area contributed by atoms with Gasteiger partial charge in [-0.2, -0.15) is 0 Å². The first-order valence-corrected chi connectivity index (χ1v) is 7.57. The molecule has 0 aliphatic heterocycles. The highest BCUT2D eigenvalue weighted by atomic mass is 79.9. The average Bonchev–Trinajstić information content (AvgIpc) is 2.36. The van der Waals surface area contributed by atoms with Crippen molar-refractivity contribution in [3.63, 3.8) is 0 Å². The number of hydrogen-bond donors (Lipinski definition) is 2. The van der Waals surface area contributed by atoms with E-state index < -0.39 is 30.3 Å². The van der Waals surface area contributed by atoms with E-state index in [4.69, 9.17) is 5.11 Å². The van der Waals surface area contributed by atoms with Crippen LogP contribution in [0.2, 0.25) is 0 Å². The van der Waals surface area contributed by atoms with Crippen LogP contribution in [-0.4, -0.2) is 35.6 Å². The van der Waals surface area contributed by atoms with Crippen LogP contribution in [0, 0.1) is 0 Å². The minimum atomic E-state index is -1.34. The van der Waals surface area contributed by atoms with Gasteiger partial charge in [0.05, 0.1) is 13.0 Å². The van der Waals surface area contributed by atoms with Crippen LogP contribution in [0.5, 0.6) is 0 Å². The molecule has 0 bridgehead atoms. The van der Waals surface area contributed by atoms with Crippen LogP contribution in [-0.2, 0) is 14.3 Å². The van der Waals surface area contributed by atoms with E-state index >= 15 is 0 Å². The number of carboxylic acids is 1. The molecule has 0 fully saturated rings. The minimum absolute atomic E-state index is 0.150. The van der Waals surface area contributed by atoms with Crippen molar-refractivity contribution in [2.75, 3.05) is 6.61 Å². The third-order valence-corrected chi connectivity index (χ3v) is 3.32. The Morgan fingerprint density at radius 2 is 1.81 bits per heavy atom. The Labute approximate surface area is 138 Å². The first kappa shape index (κ1) is 17.6. The van der Waals surface area contributed by atoms with Crippen LogP contribution < -0.4 is 5.32 Å². The highest BCUT2D eigenvalue weighted by Gasteiger charge is 2.24. The summed E-state index contributed by atoms with van der Waals surface area (Å²) >= 11 is 6.47.